The van der Waals surface area contributed by atoms with Crippen molar-refractivity contribution in [2.75, 3.05) is 11.9 Å². The maximum absolute atomic E-state index is 12.6. The molecule has 0 aliphatic rings. The molecule has 0 unspecified atom stereocenters. The number of benzene rings is 2. The Morgan fingerprint density at radius 1 is 1.06 bits per heavy atom. The van der Waals surface area contributed by atoms with Gasteiger partial charge in [0, 0.05) is 6.07 Å². The quantitative estimate of drug-likeness (QED) is 0.490. The number of para-hydroxylation sites is 1. The summed E-state index contributed by atoms with van der Waals surface area (Å²) in [5.74, 6) is -1.56. The third-order valence-corrected chi connectivity index (χ3v) is 5.10. The molecule has 0 saturated carbocycles. The largest absolute Gasteiger partial charge is 0.454 e. The summed E-state index contributed by atoms with van der Waals surface area (Å²) in [4.78, 5) is 37.6. The van der Waals surface area contributed by atoms with Gasteiger partial charge in [0.2, 0.25) is 0 Å². The molecule has 0 fully saturated rings. The van der Waals surface area contributed by atoms with E-state index in [1.807, 2.05) is 37.3 Å². The second-order valence-electron chi connectivity index (χ2n) is 7.75. The van der Waals surface area contributed by atoms with Crippen molar-refractivity contribution in [1.82, 2.24) is 15.1 Å². The molecule has 0 saturated heterocycles. The summed E-state index contributed by atoms with van der Waals surface area (Å²) in [5.41, 5.74) is 1.74. The minimum Gasteiger partial charge on any atom is -0.454 e. The van der Waals surface area contributed by atoms with Gasteiger partial charge in [-0.2, -0.15) is 5.10 Å². The molecule has 2 N–H and O–H groups in total. The van der Waals surface area contributed by atoms with Crippen molar-refractivity contribution in [2.24, 2.45) is 5.92 Å². The number of amides is 2. The van der Waals surface area contributed by atoms with Crippen molar-refractivity contribution in [1.29, 1.82) is 0 Å². The molecule has 1 heterocycles. The van der Waals surface area contributed by atoms with Crippen LogP contribution in [0.1, 0.15) is 29.9 Å². The van der Waals surface area contributed by atoms with Crippen LogP contribution in [0.2, 0.25) is 5.02 Å². The van der Waals surface area contributed by atoms with E-state index in [9.17, 15) is 14.4 Å². The van der Waals surface area contributed by atoms with E-state index >= 15 is 0 Å². The van der Waals surface area contributed by atoms with Crippen LogP contribution in [0.25, 0.3) is 5.69 Å². The average Bonchev–Trinajstić information content (AvgIpc) is 3.16. The van der Waals surface area contributed by atoms with Crippen LogP contribution in [0.5, 0.6) is 0 Å². The highest BCUT2D eigenvalue weighted by molar-refractivity contribution is 6.33. The van der Waals surface area contributed by atoms with Gasteiger partial charge in [-0.15, -0.1) is 0 Å². The number of carbonyl (C=O) groups is 3. The summed E-state index contributed by atoms with van der Waals surface area (Å²) >= 11 is 6.06. The minimum atomic E-state index is -0.946. The lowest BCUT2D eigenvalue weighted by Crippen LogP contribution is -2.46. The zero-order chi connectivity index (χ0) is 24.0. The molecular formula is C24H25ClN4O4. The second-order valence-corrected chi connectivity index (χ2v) is 8.16. The Labute approximate surface area is 196 Å². The minimum absolute atomic E-state index is 0.250. The van der Waals surface area contributed by atoms with Gasteiger partial charge in [0.15, 0.2) is 6.61 Å². The van der Waals surface area contributed by atoms with Gasteiger partial charge in [0.25, 0.3) is 11.8 Å². The smallest absolute Gasteiger partial charge is 0.329 e. The van der Waals surface area contributed by atoms with Gasteiger partial charge in [-0.3, -0.25) is 9.59 Å². The van der Waals surface area contributed by atoms with Crippen LogP contribution < -0.4 is 10.6 Å². The van der Waals surface area contributed by atoms with Crippen LogP contribution in [0.4, 0.5) is 5.82 Å². The molecule has 0 aliphatic carbocycles. The van der Waals surface area contributed by atoms with Gasteiger partial charge in [0.1, 0.15) is 11.9 Å². The number of anilines is 1. The zero-order valence-corrected chi connectivity index (χ0v) is 19.3. The highest BCUT2D eigenvalue weighted by atomic mass is 35.5. The number of rotatable bonds is 8. The molecule has 0 radical (unpaired) electrons. The van der Waals surface area contributed by atoms with E-state index in [-0.39, 0.29) is 16.5 Å². The molecule has 0 spiro atoms. The topological polar surface area (TPSA) is 102 Å². The number of carbonyl (C=O) groups excluding carboxylic acids is 3. The van der Waals surface area contributed by atoms with Crippen LogP contribution in [0.15, 0.2) is 60.7 Å². The lowest BCUT2D eigenvalue weighted by atomic mass is 10.0. The standard InChI is InChI=1S/C24H25ClN4O4/c1-15(2)22(27-23(31)18-11-7-8-12-19(18)25)24(32)33-14-21(30)26-20-13-16(3)28-29(20)17-9-5-4-6-10-17/h4-13,15,22H,14H2,1-3H3,(H,26,30)(H,27,31)/t22-/m0/s1. The maximum Gasteiger partial charge on any atom is 0.329 e. The molecule has 8 nitrogen and oxygen atoms in total. The number of esters is 1. The van der Waals surface area contributed by atoms with E-state index in [1.54, 1.807) is 48.9 Å². The van der Waals surface area contributed by atoms with Crippen molar-refractivity contribution >= 4 is 35.2 Å². The highest BCUT2D eigenvalue weighted by Gasteiger charge is 2.27. The summed E-state index contributed by atoms with van der Waals surface area (Å²) in [6.07, 6.45) is 0. The zero-order valence-electron chi connectivity index (χ0n) is 18.5. The lowest BCUT2D eigenvalue weighted by molar-refractivity contribution is -0.150. The average molecular weight is 469 g/mol. The second kappa shape index (κ2) is 10.8. The van der Waals surface area contributed by atoms with Crippen LogP contribution >= 0.6 is 11.6 Å². The monoisotopic (exact) mass is 468 g/mol. The van der Waals surface area contributed by atoms with E-state index in [1.165, 1.54) is 0 Å². The SMILES string of the molecule is Cc1cc(NC(=O)COC(=O)[C@@H](NC(=O)c2ccccc2Cl)C(C)C)n(-c2ccccc2)n1. The van der Waals surface area contributed by atoms with Gasteiger partial charge in [-0.25, -0.2) is 9.48 Å². The summed E-state index contributed by atoms with van der Waals surface area (Å²) < 4.78 is 6.78. The van der Waals surface area contributed by atoms with Crippen LogP contribution in [-0.2, 0) is 14.3 Å². The van der Waals surface area contributed by atoms with E-state index in [2.05, 4.69) is 15.7 Å². The summed E-state index contributed by atoms with van der Waals surface area (Å²) in [5, 5.41) is 10.0. The number of hydrogen-bond donors (Lipinski definition) is 2. The number of halogens is 1. The summed E-state index contributed by atoms with van der Waals surface area (Å²) in [7, 11) is 0. The third kappa shape index (κ3) is 6.20. The first-order valence-corrected chi connectivity index (χ1v) is 10.8. The third-order valence-electron chi connectivity index (χ3n) is 4.77. The normalized spacial score (nSPS) is 11.7. The Hall–Kier alpha value is -3.65. The number of aromatic nitrogens is 2. The van der Waals surface area contributed by atoms with Crippen LogP contribution in [-0.4, -0.2) is 40.2 Å². The lowest BCUT2D eigenvalue weighted by Gasteiger charge is -2.21. The molecule has 0 aliphatic heterocycles. The van der Waals surface area contributed by atoms with Crippen LogP contribution in [0, 0.1) is 12.8 Å². The number of nitrogens with one attached hydrogen (secondary N) is 2. The van der Waals surface area contributed by atoms with Gasteiger partial charge in [-0.1, -0.05) is 55.8 Å². The molecule has 2 amide bonds. The first kappa shape index (κ1) is 24.0. The number of nitrogens with zero attached hydrogens (tertiary/aromatic N) is 2. The van der Waals surface area contributed by atoms with Crippen molar-refractivity contribution < 1.29 is 19.1 Å². The molecule has 2 aromatic carbocycles. The molecule has 33 heavy (non-hydrogen) atoms. The van der Waals surface area contributed by atoms with E-state index in [0.717, 1.165) is 5.69 Å². The predicted octanol–water partition coefficient (Wildman–Crippen LogP) is 3.77. The van der Waals surface area contributed by atoms with Gasteiger partial charge in [0.05, 0.1) is 22.0 Å². The fraction of sp³-hybridized carbons (Fsp3) is 0.250. The van der Waals surface area contributed by atoms with Crippen molar-refractivity contribution in [3.8, 4) is 5.69 Å². The Morgan fingerprint density at radius 2 is 1.73 bits per heavy atom. The molecular weight excluding hydrogens is 444 g/mol. The fourth-order valence-corrected chi connectivity index (χ4v) is 3.34. The van der Waals surface area contributed by atoms with Crippen molar-refractivity contribution in [3.63, 3.8) is 0 Å². The molecule has 3 rings (SSSR count). The first-order chi connectivity index (χ1) is 15.8. The Morgan fingerprint density at radius 3 is 2.39 bits per heavy atom. The van der Waals surface area contributed by atoms with Gasteiger partial charge < -0.3 is 15.4 Å². The van der Waals surface area contributed by atoms with Gasteiger partial charge in [-0.05, 0) is 37.1 Å². The maximum atomic E-state index is 12.6. The predicted molar refractivity (Wildman–Crippen MR) is 125 cm³/mol. The summed E-state index contributed by atoms with van der Waals surface area (Å²) in [6.45, 7) is 4.83. The molecule has 0 bridgehead atoms. The Kier molecular flexibility index (Phi) is 7.84. The summed E-state index contributed by atoms with van der Waals surface area (Å²) in [6, 6.07) is 16.6. The van der Waals surface area contributed by atoms with E-state index in [0.29, 0.717) is 11.5 Å². The van der Waals surface area contributed by atoms with E-state index < -0.39 is 30.4 Å². The fourth-order valence-electron chi connectivity index (χ4n) is 3.12. The Bertz CT molecular complexity index is 1140. The van der Waals surface area contributed by atoms with Crippen LogP contribution in [0.3, 0.4) is 0 Å². The first-order valence-electron chi connectivity index (χ1n) is 10.4. The van der Waals surface area contributed by atoms with Crippen molar-refractivity contribution in [2.45, 2.75) is 26.8 Å². The van der Waals surface area contributed by atoms with Crippen molar-refractivity contribution in [3.05, 3.63) is 76.9 Å². The molecule has 1 atom stereocenters. The number of hydrogen-bond acceptors (Lipinski definition) is 5. The Balaban J connectivity index is 1.62. The molecule has 1 aromatic heterocycles. The molecule has 3 aromatic rings. The molecule has 9 heteroatoms. The number of aryl methyl sites for hydroxylation is 1. The highest BCUT2D eigenvalue weighted by Crippen LogP contribution is 2.18. The van der Waals surface area contributed by atoms with E-state index in [4.69, 9.17) is 16.3 Å². The number of ether oxygens (including phenoxy) is 1. The van der Waals surface area contributed by atoms with Gasteiger partial charge >= 0.3 is 5.97 Å². The molecule has 172 valence electrons.